The SMILES string of the molecule is COC(CO)Cn1ccnc1. The molecule has 0 spiro atoms. The summed E-state index contributed by atoms with van der Waals surface area (Å²) >= 11 is 0. The summed E-state index contributed by atoms with van der Waals surface area (Å²) in [5.41, 5.74) is 0. The molecule has 0 saturated carbocycles. The predicted molar refractivity (Wildman–Crippen MR) is 40.1 cm³/mol. The van der Waals surface area contributed by atoms with Gasteiger partial charge in [-0.1, -0.05) is 0 Å². The number of rotatable bonds is 4. The van der Waals surface area contributed by atoms with Crippen LogP contribution in [0.1, 0.15) is 0 Å². The van der Waals surface area contributed by atoms with Gasteiger partial charge >= 0.3 is 0 Å². The number of nitrogens with zero attached hydrogens (tertiary/aromatic N) is 2. The van der Waals surface area contributed by atoms with Crippen molar-refractivity contribution >= 4 is 0 Å². The zero-order chi connectivity index (χ0) is 8.10. The van der Waals surface area contributed by atoms with E-state index in [0.29, 0.717) is 6.54 Å². The number of aromatic nitrogens is 2. The summed E-state index contributed by atoms with van der Waals surface area (Å²) in [6.07, 6.45) is 5.09. The van der Waals surface area contributed by atoms with Crippen molar-refractivity contribution in [3.05, 3.63) is 18.7 Å². The van der Waals surface area contributed by atoms with Gasteiger partial charge in [0.1, 0.15) is 0 Å². The monoisotopic (exact) mass is 156 g/mol. The fourth-order valence-electron chi connectivity index (χ4n) is 0.837. The first kappa shape index (κ1) is 8.23. The number of aliphatic hydroxyl groups is 1. The first-order valence-electron chi connectivity index (χ1n) is 3.46. The lowest BCUT2D eigenvalue weighted by atomic mass is 10.4. The Morgan fingerprint density at radius 1 is 1.73 bits per heavy atom. The standard InChI is InChI=1S/C7H12N2O2/c1-11-7(5-10)4-9-3-2-8-6-9/h2-3,6-7,10H,4-5H2,1H3. The van der Waals surface area contributed by atoms with E-state index in [9.17, 15) is 0 Å². The molecule has 0 radical (unpaired) electrons. The normalized spacial score (nSPS) is 13.3. The third kappa shape index (κ3) is 2.32. The number of hydrogen-bond donors (Lipinski definition) is 1. The van der Waals surface area contributed by atoms with Gasteiger partial charge in [0, 0.05) is 19.5 Å². The molecule has 1 unspecified atom stereocenters. The molecule has 4 heteroatoms. The van der Waals surface area contributed by atoms with E-state index >= 15 is 0 Å². The highest BCUT2D eigenvalue weighted by atomic mass is 16.5. The minimum Gasteiger partial charge on any atom is -0.394 e. The summed E-state index contributed by atoms with van der Waals surface area (Å²) in [4.78, 5) is 3.87. The minimum atomic E-state index is -0.135. The van der Waals surface area contributed by atoms with Gasteiger partial charge in [-0.15, -0.1) is 0 Å². The van der Waals surface area contributed by atoms with Gasteiger partial charge in [0.05, 0.1) is 25.6 Å². The van der Waals surface area contributed by atoms with Gasteiger partial charge < -0.3 is 14.4 Å². The van der Waals surface area contributed by atoms with Gasteiger partial charge in [-0.2, -0.15) is 0 Å². The van der Waals surface area contributed by atoms with Crippen molar-refractivity contribution in [2.45, 2.75) is 12.6 Å². The molecule has 1 aromatic heterocycles. The highest BCUT2D eigenvalue weighted by Crippen LogP contribution is 1.94. The first-order chi connectivity index (χ1) is 5.36. The smallest absolute Gasteiger partial charge is 0.0980 e. The molecule has 0 aromatic carbocycles. The molecule has 0 saturated heterocycles. The summed E-state index contributed by atoms with van der Waals surface area (Å²) in [6, 6.07) is 0. The maximum atomic E-state index is 8.77. The van der Waals surface area contributed by atoms with Crippen molar-refractivity contribution in [1.82, 2.24) is 9.55 Å². The molecule has 1 rings (SSSR count). The lowest BCUT2D eigenvalue weighted by Crippen LogP contribution is -2.21. The number of ether oxygens (including phenoxy) is 1. The molecule has 0 aliphatic carbocycles. The molecule has 0 aliphatic heterocycles. The minimum absolute atomic E-state index is 0.0364. The molecule has 0 aliphatic rings. The Bertz CT molecular complexity index is 182. The van der Waals surface area contributed by atoms with Crippen LogP contribution in [-0.2, 0) is 11.3 Å². The summed E-state index contributed by atoms with van der Waals surface area (Å²) in [5, 5.41) is 8.77. The first-order valence-corrected chi connectivity index (χ1v) is 3.46. The van der Waals surface area contributed by atoms with Crippen LogP contribution in [-0.4, -0.2) is 34.5 Å². The fraction of sp³-hybridized carbons (Fsp3) is 0.571. The highest BCUT2D eigenvalue weighted by molar-refractivity contribution is 4.75. The number of aliphatic hydroxyl groups excluding tert-OH is 1. The Morgan fingerprint density at radius 3 is 3.00 bits per heavy atom. The third-order valence-electron chi connectivity index (χ3n) is 1.51. The topological polar surface area (TPSA) is 47.3 Å². The quantitative estimate of drug-likeness (QED) is 0.661. The molecule has 11 heavy (non-hydrogen) atoms. The van der Waals surface area contributed by atoms with Crippen LogP contribution >= 0.6 is 0 Å². The molecule has 1 heterocycles. The van der Waals surface area contributed by atoms with Crippen LogP contribution in [0.2, 0.25) is 0 Å². The van der Waals surface area contributed by atoms with Gasteiger partial charge in [0.15, 0.2) is 0 Å². The van der Waals surface area contributed by atoms with Crippen LogP contribution in [0.25, 0.3) is 0 Å². The van der Waals surface area contributed by atoms with Crippen LogP contribution < -0.4 is 0 Å². The van der Waals surface area contributed by atoms with Crippen molar-refractivity contribution in [2.75, 3.05) is 13.7 Å². The summed E-state index contributed by atoms with van der Waals surface area (Å²) in [5.74, 6) is 0. The van der Waals surface area contributed by atoms with E-state index in [1.807, 2.05) is 10.8 Å². The van der Waals surface area contributed by atoms with Crippen molar-refractivity contribution < 1.29 is 9.84 Å². The molecular weight excluding hydrogens is 144 g/mol. The maximum absolute atomic E-state index is 8.77. The van der Waals surface area contributed by atoms with Gasteiger partial charge in [0.25, 0.3) is 0 Å². The lowest BCUT2D eigenvalue weighted by Gasteiger charge is -2.11. The van der Waals surface area contributed by atoms with Crippen LogP contribution in [0.15, 0.2) is 18.7 Å². The number of imidazole rings is 1. The molecular formula is C7H12N2O2. The van der Waals surface area contributed by atoms with Gasteiger partial charge in [0.2, 0.25) is 0 Å². The van der Waals surface area contributed by atoms with E-state index in [0.717, 1.165) is 0 Å². The highest BCUT2D eigenvalue weighted by Gasteiger charge is 2.04. The maximum Gasteiger partial charge on any atom is 0.0980 e. The Hall–Kier alpha value is -0.870. The van der Waals surface area contributed by atoms with Gasteiger partial charge in [-0.25, -0.2) is 4.98 Å². The Labute approximate surface area is 65.4 Å². The van der Waals surface area contributed by atoms with Crippen LogP contribution in [0.4, 0.5) is 0 Å². The Balaban J connectivity index is 2.41. The average Bonchev–Trinajstić information content (AvgIpc) is 2.52. The van der Waals surface area contributed by atoms with E-state index in [1.165, 1.54) is 0 Å². The fourth-order valence-corrected chi connectivity index (χ4v) is 0.837. The van der Waals surface area contributed by atoms with Gasteiger partial charge in [-0.3, -0.25) is 0 Å². The summed E-state index contributed by atoms with van der Waals surface area (Å²) < 4.78 is 6.84. The molecule has 0 amide bonds. The molecule has 62 valence electrons. The number of hydrogen-bond acceptors (Lipinski definition) is 3. The van der Waals surface area contributed by atoms with Crippen LogP contribution in [0.5, 0.6) is 0 Å². The molecule has 1 N–H and O–H groups in total. The molecule has 0 bridgehead atoms. The second kappa shape index (κ2) is 4.10. The molecule has 4 nitrogen and oxygen atoms in total. The second-order valence-corrected chi connectivity index (χ2v) is 2.30. The second-order valence-electron chi connectivity index (χ2n) is 2.30. The summed E-state index contributed by atoms with van der Waals surface area (Å²) in [7, 11) is 1.58. The zero-order valence-corrected chi connectivity index (χ0v) is 6.47. The molecule has 0 fully saturated rings. The Kier molecular flexibility index (Phi) is 3.07. The van der Waals surface area contributed by atoms with E-state index < -0.39 is 0 Å². The van der Waals surface area contributed by atoms with E-state index in [4.69, 9.17) is 9.84 Å². The lowest BCUT2D eigenvalue weighted by molar-refractivity contribution is 0.0372. The van der Waals surface area contributed by atoms with Crippen molar-refractivity contribution in [2.24, 2.45) is 0 Å². The Morgan fingerprint density at radius 2 is 2.55 bits per heavy atom. The van der Waals surface area contributed by atoms with E-state index in [1.54, 1.807) is 19.6 Å². The summed E-state index contributed by atoms with van der Waals surface area (Å²) in [6.45, 7) is 0.682. The third-order valence-corrected chi connectivity index (χ3v) is 1.51. The van der Waals surface area contributed by atoms with Crippen molar-refractivity contribution in [3.8, 4) is 0 Å². The zero-order valence-electron chi connectivity index (χ0n) is 6.47. The largest absolute Gasteiger partial charge is 0.394 e. The number of methoxy groups -OCH3 is 1. The van der Waals surface area contributed by atoms with Crippen LogP contribution in [0, 0.1) is 0 Å². The molecule has 1 atom stereocenters. The molecule has 1 aromatic rings. The van der Waals surface area contributed by atoms with Crippen LogP contribution in [0.3, 0.4) is 0 Å². The van der Waals surface area contributed by atoms with E-state index in [-0.39, 0.29) is 12.7 Å². The van der Waals surface area contributed by atoms with E-state index in [2.05, 4.69) is 4.98 Å². The van der Waals surface area contributed by atoms with Crippen molar-refractivity contribution in [3.63, 3.8) is 0 Å². The van der Waals surface area contributed by atoms with Gasteiger partial charge in [-0.05, 0) is 0 Å². The predicted octanol–water partition coefficient (Wildman–Crippen LogP) is -0.110. The van der Waals surface area contributed by atoms with Crippen molar-refractivity contribution in [1.29, 1.82) is 0 Å². The average molecular weight is 156 g/mol.